The summed E-state index contributed by atoms with van der Waals surface area (Å²) in [6.45, 7) is 8.08. The lowest BCUT2D eigenvalue weighted by Gasteiger charge is -2.28. The van der Waals surface area contributed by atoms with E-state index >= 15 is 0 Å². The summed E-state index contributed by atoms with van der Waals surface area (Å²) in [6, 6.07) is 0. The number of aryl methyl sites for hydroxylation is 2. The smallest absolute Gasteiger partial charge is 0.306 e. The van der Waals surface area contributed by atoms with Crippen LogP contribution in [0.15, 0.2) is 77.3 Å². The van der Waals surface area contributed by atoms with Crippen molar-refractivity contribution in [3.63, 3.8) is 0 Å². The van der Waals surface area contributed by atoms with E-state index in [1.54, 1.807) is 30.4 Å². The number of hydrogen-bond donors (Lipinski definition) is 2. The minimum absolute atomic E-state index is 0.0748. The summed E-state index contributed by atoms with van der Waals surface area (Å²) >= 11 is 0. The standard InChI is InChI=1S/C52H86NO11P/c1-8-10-24-32-46(54)33-26-19-15-14-16-20-27-34-47(55)35-28-23-31-38-51(56)60-42-48(43-62-65(58,59)61-41-40-53(5,6)7)63-52(57)39-30-22-18-13-12-17-21-29-37-50-45(4)44(3)49(64-50)36-25-11-9-2/h10,15-16,19-20,24,26-28,33-35,46-48,54-55H,8-9,11-14,17-18,21-23,25,29-32,36-43H2,1-7H3/b19-15-,20-16-,24-10-,33-26+,34-27+,35-28-/t46-,47-,48-/m1/s1. The lowest BCUT2D eigenvalue weighted by Crippen LogP contribution is -2.37. The maximum atomic E-state index is 12.8. The number of aliphatic hydroxyl groups excluding tert-OH is 2. The molecular formula is C52H86NO11P. The molecule has 1 aromatic rings. The third kappa shape index (κ3) is 33.7. The van der Waals surface area contributed by atoms with Crippen LogP contribution in [-0.2, 0) is 45.5 Å². The summed E-state index contributed by atoms with van der Waals surface area (Å²) in [5.41, 5.74) is 2.62. The average molecular weight is 932 g/mol. The van der Waals surface area contributed by atoms with Crippen molar-refractivity contribution in [3.8, 4) is 0 Å². The number of allylic oxidation sites excluding steroid dienone is 8. The number of furan rings is 1. The Balaban J connectivity index is 2.44. The van der Waals surface area contributed by atoms with Crippen molar-refractivity contribution >= 4 is 19.8 Å². The summed E-state index contributed by atoms with van der Waals surface area (Å²) in [6.07, 6.45) is 36.9. The van der Waals surface area contributed by atoms with Crippen LogP contribution in [0.2, 0.25) is 0 Å². The number of carbonyl (C=O) groups is 2. The van der Waals surface area contributed by atoms with Gasteiger partial charge in [0.2, 0.25) is 0 Å². The van der Waals surface area contributed by atoms with Gasteiger partial charge in [-0.3, -0.25) is 14.2 Å². The van der Waals surface area contributed by atoms with Crippen LogP contribution >= 0.6 is 7.82 Å². The molecule has 2 N–H and O–H groups in total. The molecule has 0 aliphatic rings. The summed E-state index contributed by atoms with van der Waals surface area (Å²) in [5.74, 6) is 1.26. The number of hydrogen-bond acceptors (Lipinski definition) is 11. The number of unbranched alkanes of at least 4 members (excludes halogenated alkanes) is 10. The Kier molecular flexibility index (Phi) is 33.7. The molecule has 0 fully saturated rings. The van der Waals surface area contributed by atoms with Crippen LogP contribution in [0.1, 0.15) is 152 Å². The highest BCUT2D eigenvalue weighted by atomic mass is 31.2. The summed E-state index contributed by atoms with van der Waals surface area (Å²) in [7, 11) is 1.02. The van der Waals surface area contributed by atoms with E-state index in [-0.39, 0.29) is 26.1 Å². The van der Waals surface area contributed by atoms with Gasteiger partial charge in [-0.15, -0.1) is 0 Å². The first-order valence-electron chi connectivity index (χ1n) is 24.2. The molecule has 0 amide bonds. The van der Waals surface area contributed by atoms with E-state index in [0.717, 1.165) is 75.7 Å². The molecule has 1 heterocycles. The number of phosphoric ester groups is 1. The Morgan fingerprint density at radius 3 is 1.94 bits per heavy atom. The topological polar surface area (TPSA) is 165 Å². The first kappa shape index (κ1) is 59.7. The van der Waals surface area contributed by atoms with Gasteiger partial charge < -0.3 is 42.5 Å². The number of carbonyl (C=O) groups excluding carboxylic acids is 2. The Labute approximate surface area is 392 Å². The monoisotopic (exact) mass is 932 g/mol. The predicted octanol–water partition coefficient (Wildman–Crippen LogP) is 10.8. The van der Waals surface area contributed by atoms with Gasteiger partial charge in [-0.2, -0.15) is 0 Å². The first-order valence-corrected chi connectivity index (χ1v) is 25.7. The average Bonchev–Trinajstić information content (AvgIpc) is 3.51. The number of aliphatic hydroxyl groups is 2. The van der Waals surface area contributed by atoms with E-state index in [1.807, 2.05) is 63.7 Å². The quantitative estimate of drug-likeness (QED) is 0.0161. The van der Waals surface area contributed by atoms with Crippen LogP contribution in [0.5, 0.6) is 0 Å². The molecule has 0 saturated carbocycles. The molecule has 0 spiro atoms. The Hall–Kier alpha value is -3.35. The molecule has 370 valence electrons. The van der Waals surface area contributed by atoms with Crippen molar-refractivity contribution in [2.75, 3.05) is 47.5 Å². The van der Waals surface area contributed by atoms with Crippen LogP contribution in [0.3, 0.4) is 0 Å². The van der Waals surface area contributed by atoms with Crippen molar-refractivity contribution in [3.05, 3.63) is 95.6 Å². The van der Waals surface area contributed by atoms with Crippen molar-refractivity contribution in [2.24, 2.45) is 0 Å². The van der Waals surface area contributed by atoms with Crippen molar-refractivity contribution in [2.45, 2.75) is 174 Å². The highest BCUT2D eigenvalue weighted by molar-refractivity contribution is 7.45. The van der Waals surface area contributed by atoms with Crippen molar-refractivity contribution in [1.29, 1.82) is 0 Å². The minimum Gasteiger partial charge on any atom is -0.756 e. The second-order valence-electron chi connectivity index (χ2n) is 17.7. The number of ether oxygens (including phenoxy) is 2. The van der Waals surface area contributed by atoms with Gasteiger partial charge in [0.25, 0.3) is 7.82 Å². The van der Waals surface area contributed by atoms with Crippen LogP contribution in [-0.4, -0.2) is 92.5 Å². The zero-order valence-corrected chi connectivity index (χ0v) is 42.0. The van der Waals surface area contributed by atoms with E-state index in [2.05, 4.69) is 27.7 Å². The molecule has 0 aliphatic heterocycles. The van der Waals surface area contributed by atoms with Gasteiger partial charge in [-0.25, -0.2) is 0 Å². The molecule has 1 aromatic heterocycles. The molecule has 13 heteroatoms. The molecule has 0 bridgehead atoms. The Morgan fingerprint density at radius 2 is 1.31 bits per heavy atom. The fourth-order valence-corrected chi connectivity index (χ4v) is 7.24. The lowest BCUT2D eigenvalue weighted by atomic mass is 10.0. The van der Waals surface area contributed by atoms with Gasteiger partial charge in [0.1, 0.15) is 31.3 Å². The zero-order valence-electron chi connectivity index (χ0n) is 41.1. The highest BCUT2D eigenvalue weighted by Gasteiger charge is 2.22. The van der Waals surface area contributed by atoms with Gasteiger partial charge >= 0.3 is 11.9 Å². The number of likely N-dealkylation sites (N-methyl/N-ethyl adjacent to an activating group) is 1. The Bertz CT molecular complexity index is 1650. The molecule has 0 aromatic carbocycles. The van der Waals surface area contributed by atoms with Crippen molar-refractivity contribution < 1.29 is 56.7 Å². The van der Waals surface area contributed by atoms with E-state index in [1.165, 1.54) is 30.4 Å². The minimum atomic E-state index is -4.70. The van der Waals surface area contributed by atoms with Gasteiger partial charge in [0.15, 0.2) is 6.10 Å². The number of nitrogens with zero attached hydrogens (tertiary/aromatic N) is 1. The number of quaternary nitrogens is 1. The van der Waals surface area contributed by atoms with Crippen LogP contribution in [0, 0.1) is 13.8 Å². The summed E-state index contributed by atoms with van der Waals surface area (Å²) in [4.78, 5) is 37.8. The molecular weight excluding hydrogens is 846 g/mol. The maximum absolute atomic E-state index is 12.8. The van der Waals surface area contributed by atoms with Gasteiger partial charge in [0, 0.05) is 25.7 Å². The third-order valence-electron chi connectivity index (χ3n) is 10.6. The number of rotatable bonds is 39. The normalized spacial score (nSPS) is 15.0. The van der Waals surface area contributed by atoms with E-state index in [9.17, 15) is 29.3 Å². The third-order valence-corrected chi connectivity index (χ3v) is 11.6. The van der Waals surface area contributed by atoms with Gasteiger partial charge in [0.05, 0.1) is 40.0 Å². The lowest BCUT2D eigenvalue weighted by molar-refractivity contribution is -0.870. The molecule has 65 heavy (non-hydrogen) atoms. The SMILES string of the molecule is CC/C=C\C[C@@H](O)/C=C/C=C\C/C=C\C=C\[C@@H](O)/C=C\CCCC(=O)OC[C@H](COP(=O)([O-])OCC[N+](C)(C)C)OC(=O)CCCCCCCCCCc1oc(CCCCC)c(C)c1C. The van der Waals surface area contributed by atoms with Crippen LogP contribution < -0.4 is 4.89 Å². The van der Waals surface area contributed by atoms with Crippen LogP contribution in [0.4, 0.5) is 0 Å². The molecule has 4 atom stereocenters. The van der Waals surface area contributed by atoms with Gasteiger partial charge in [-0.1, -0.05) is 138 Å². The fourth-order valence-electron chi connectivity index (χ4n) is 6.51. The van der Waals surface area contributed by atoms with Crippen LogP contribution in [0.25, 0.3) is 0 Å². The van der Waals surface area contributed by atoms with E-state index in [4.69, 9.17) is 22.9 Å². The molecule has 1 unspecified atom stereocenters. The van der Waals surface area contributed by atoms with E-state index in [0.29, 0.717) is 43.1 Å². The van der Waals surface area contributed by atoms with E-state index < -0.39 is 44.7 Å². The highest BCUT2D eigenvalue weighted by Crippen LogP contribution is 2.38. The molecule has 0 radical (unpaired) electrons. The second-order valence-corrected chi connectivity index (χ2v) is 19.1. The Morgan fingerprint density at radius 1 is 0.708 bits per heavy atom. The first-order chi connectivity index (χ1) is 31.1. The number of phosphoric acid groups is 1. The molecule has 0 aliphatic carbocycles. The predicted molar refractivity (Wildman–Crippen MR) is 260 cm³/mol. The van der Waals surface area contributed by atoms with Gasteiger partial charge in [-0.05, 0) is 76.3 Å². The fraction of sp³-hybridized carbons (Fsp3) is 0.654. The van der Waals surface area contributed by atoms with Crippen molar-refractivity contribution in [1.82, 2.24) is 0 Å². The molecule has 0 saturated heterocycles. The second kappa shape index (κ2) is 36.7. The largest absolute Gasteiger partial charge is 0.756 e. The maximum Gasteiger partial charge on any atom is 0.306 e. The molecule has 12 nitrogen and oxygen atoms in total. The summed E-state index contributed by atoms with van der Waals surface area (Å²) in [5, 5.41) is 20.1. The zero-order chi connectivity index (χ0) is 48.2. The molecule has 1 rings (SSSR count). The summed E-state index contributed by atoms with van der Waals surface area (Å²) < 4.78 is 40.1. The number of esters is 2.